The summed E-state index contributed by atoms with van der Waals surface area (Å²) < 4.78 is 7.02. The highest BCUT2D eigenvalue weighted by Gasteiger charge is 2.29. The monoisotopic (exact) mass is 465 g/mol. The van der Waals surface area contributed by atoms with Gasteiger partial charge in [0.05, 0.1) is 24.9 Å². The molecule has 0 atom stereocenters. The first-order valence-corrected chi connectivity index (χ1v) is 11.5. The second kappa shape index (κ2) is 9.79. The van der Waals surface area contributed by atoms with E-state index in [0.717, 1.165) is 28.4 Å². The highest BCUT2D eigenvalue weighted by Crippen LogP contribution is 2.25. The van der Waals surface area contributed by atoms with Crippen LogP contribution in [0.4, 0.5) is 0 Å². The smallest absolute Gasteiger partial charge is 0.227 e. The van der Waals surface area contributed by atoms with Crippen LogP contribution in [0.5, 0.6) is 5.75 Å². The third-order valence-corrected chi connectivity index (χ3v) is 6.69. The van der Waals surface area contributed by atoms with Crippen LogP contribution in [-0.2, 0) is 11.2 Å². The number of carbonyl (C=O) groups excluding carboxylic acids is 2. The molecule has 0 bridgehead atoms. The highest BCUT2D eigenvalue weighted by molar-refractivity contribution is 6.30. The molecule has 1 saturated heterocycles. The molecular weight excluding hydrogens is 438 g/mol. The fourth-order valence-corrected chi connectivity index (χ4v) is 4.54. The summed E-state index contributed by atoms with van der Waals surface area (Å²) in [4.78, 5) is 27.8. The lowest BCUT2D eigenvalue weighted by atomic mass is 9.88. The number of ketones is 1. The summed E-state index contributed by atoms with van der Waals surface area (Å²) in [6, 6.07) is 14.7. The number of halogens is 1. The zero-order valence-electron chi connectivity index (χ0n) is 19.2. The quantitative estimate of drug-likeness (QED) is 0.490. The van der Waals surface area contributed by atoms with Gasteiger partial charge in [0.25, 0.3) is 0 Å². The minimum absolute atomic E-state index is 0.0569. The third kappa shape index (κ3) is 4.96. The maximum Gasteiger partial charge on any atom is 0.227 e. The van der Waals surface area contributed by atoms with Crippen LogP contribution in [0.1, 0.15) is 40.2 Å². The molecule has 4 rings (SSSR count). The number of amides is 1. The van der Waals surface area contributed by atoms with E-state index < -0.39 is 0 Å². The first-order chi connectivity index (χ1) is 15.9. The van der Waals surface area contributed by atoms with Crippen LogP contribution in [0.3, 0.4) is 0 Å². The molecule has 0 N–H and O–H groups in total. The molecule has 0 unspecified atom stereocenters. The van der Waals surface area contributed by atoms with Crippen LogP contribution >= 0.6 is 11.6 Å². The number of hydrogen-bond acceptors (Lipinski definition) is 4. The van der Waals surface area contributed by atoms with E-state index in [1.807, 2.05) is 59.8 Å². The van der Waals surface area contributed by atoms with Crippen LogP contribution in [0, 0.1) is 19.8 Å². The van der Waals surface area contributed by atoms with Gasteiger partial charge in [-0.25, -0.2) is 4.68 Å². The molecule has 3 aromatic rings. The molecule has 6 nitrogen and oxygen atoms in total. The van der Waals surface area contributed by atoms with Gasteiger partial charge in [0.1, 0.15) is 5.75 Å². The Morgan fingerprint density at radius 3 is 2.27 bits per heavy atom. The molecule has 0 spiro atoms. The number of aromatic nitrogens is 2. The summed E-state index contributed by atoms with van der Waals surface area (Å²) in [6.45, 7) is 5.10. The van der Waals surface area contributed by atoms with Crippen molar-refractivity contribution in [3.63, 3.8) is 0 Å². The lowest BCUT2D eigenvalue weighted by Crippen LogP contribution is -2.41. The van der Waals surface area contributed by atoms with Crippen molar-refractivity contribution in [1.29, 1.82) is 0 Å². The Labute approximate surface area is 199 Å². The van der Waals surface area contributed by atoms with Gasteiger partial charge in [0, 0.05) is 40.9 Å². The molecule has 172 valence electrons. The number of nitrogens with zero attached hydrogens (tertiary/aromatic N) is 3. The number of ether oxygens (including phenoxy) is 1. The van der Waals surface area contributed by atoms with Crippen molar-refractivity contribution in [2.24, 2.45) is 5.92 Å². The van der Waals surface area contributed by atoms with Crippen molar-refractivity contribution in [2.75, 3.05) is 20.2 Å². The molecule has 1 aromatic heterocycles. The predicted octanol–water partition coefficient (Wildman–Crippen LogP) is 4.82. The van der Waals surface area contributed by atoms with Crippen molar-refractivity contribution in [3.8, 4) is 11.4 Å². The number of aryl methyl sites for hydroxylation is 1. The number of likely N-dealkylation sites (tertiary alicyclic amines) is 1. The Balaban J connectivity index is 1.38. The number of benzene rings is 2. The first-order valence-electron chi connectivity index (χ1n) is 11.1. The molecule has 0 aliphatic carbocycles. The van der Waals surface area contributed by atoms with Gasteiger partial charge in [-0.2, -0.15) is 5.10 Å². The average Bonchev–Trinajstić information content (AvgIpc) is 3.12. The Hall–Kier alpha value is -3.12. The molecule has 0 saturated carbocycles. The van der Waals surface area contributed by atoms with Gasteiger partial charge in [0.15, 0.2) is 5.78 Å². The maximum atomic E-state index is 13.1. The second-order valence-corrected chi connectivity index (χ2v) is 8.90. The predicted molar refractivity (Wildman–Crippen MR) is 128 cm³/mol. The number of piperidine rings is 1. The van der Waals surface area contributed by atoms with E-state index in [-0.39, 0.29) is 17.6 Å². The number of Topliss-reactive ketones (excluding diaryl/α,β-unsaturated/α-hetero) is 1. The van der Waals surface area contributed by atoms with Crippen molar-refractivity contribution in [1.82, 2.24) is 14.7 Å². The lowest BCUT2D eigenvalue weighted by molar-refractivity contribution is -0.131. The van der Waals surface area contributed by atoms with Gasteiger partial charge in [-0.1, -0.05) is 11.6 Å². The summed E-state index contributed by atoms with van der Waals surface area (Å²) in [5, 5.41) is 5.31. The van der Waals surface area contributed by atoms with Crippen LogP contribution in [0.15, 0.2) is 48.5 Å². The highest BCUT2D eigenvalue weighted by atomic mass is 35.5. The molecule has 1 amide bonds. The van der Waals surface area contributed by atoms with Gasteiger partial charge in [-0.3, -0.25) is 9.59 Å². The summed E-state index contributed by atoms with van der Waals surface area (Å²) in [5.74, 6) is 0.892. The Bertz CT molecular complexity index is 1140. The van der Waals surface area contributed by atoms with Crippen molar-refractivity contribution >= 4 is 23.3 Å². The number of methoxy groups -OCH3 is 1. The summed E-state index contributed by atoms with van der Waals surface area (Å²) in [7, 11) is 1.61. The van der Waals surface area contributed by atoms with E-state index in [0.29, 0.717) is 42.9 Å². The second-order valence-electron chi connectivity index (χ2n) is 8.46. The van der Waals surface area contributed by atoms with E-state index >= 15 is 0 Å². The van der Waals surface area contributed by atoms with Gasteiger partial charge in [0.2, 0.25) is 5.91 Å². The minimum Gasteiger partial charge on any atom is -0.497 e. The zero-order valence-corrected chi connectivity index (χ0v) is 19.9. The van der Waals surface area contributed by atoms with Gasteiger partial charge in [-0.15, -0.1) is 0 Å². The first kappa shape index (κ1) is 23.1. The van der Waals surface area contributed by atoms with Crippen LogP contribution in [0.25, 0.3) is 5.69 Å². The molecule has 0 radical (unpaired) electrons. The fourth-order valence-electron chi connectivity index (χ4n) is 4.41. The number of hydrogen-bond donors (Lipinski definition) is 0. The molecule has 33 heavy (non-hydrogen) atoms. The van der Waals surface area contributed by atoms with E-state index in [9.17, 15) is 9.59 Å². The van der Waals surface area contributed by atoms with Gasteiger partial charge in [-0.05, 0) is 75.2 Å². The molecule has 1 aliphatic heterocycles. The molecule has 2 aromatic carbocycles. The Kier molecular flexibility index (Phi) is 6.84. The van der Waals surface area contributed by atoms with Crippen molar-refractivity contribution in [3.05, 3.63) is 76.1 Å². The lowest BCUT2D eigenvalue weighted by Gasteiger charge is -2.31. The Morgan fingerprint density at radius 1 is 1.03 bits per heavy atom. The SMILES string of the molecule is COc1ccc(C(=O)C2CCN(C(=O)Cc3c(C)nn(-c4ccc(Cl)cc4)c3C)CC2)cc1. The topological polar surface area (TPSA) is 64.4 Å². The fraction of sp³-hybridized carbons (Fsp3) is 0.346. The van der Waals surface area contributed by atoms with E-state index in [4.69, 9.17) is 16.3 Å². The largest absolute Gasteiger partial charge is 0.497 e. The summed E-state index contributed by atoms with van der Waals surface area (Å²) >= 11 is 6.00. The van der Waals surface area contributed by atoms with Gasteiger partial charge >= 0.3 is 0 Å². The number of rotatable bonds is 6. The van der Waals surface area contributed by atoms with E-state index in [1.54, 1.807) is 19.2 Å². The van der Waals surface area contributed by atoms with Crippen LogP contribution < -0.4 is 4.74 Å². The van der Waals surface area contributed by atoms with Crippen molar-refractivity contribution in [2.45, 2.75) is 33.1 Å². The van der Waals surface area contributed by atoms with E-state index in [1.165, 1.54) is 0 Å². The molecule has 7 heteroatoms. The molecular formula is C26H28ClN3O3. The third-order valence-electron chi connectivity index (χ3n) is 6.43. The number of carbonyl (C=O) groups is 2. The summed E-state index contributed by atoms with van der Waals surface area (Å²) in [6.07, 6.45) is 1.67. The summed E-state index contributed by atoms with van der Waals surface area (Å²) in [5.41, 5.74) is 4.36. The normalized spacial score (nSPS) is 14.4. The van der Waals surface area contributed by atoms with Crippen molar-refractivity contribution < 1.29 is 14.3 Å². The Morgan fingerprint density at radius 2 is 1.67 bits per heavy atom. The standard InChI is InChI=1S/C26H28ClN3O3/c1-17-24(18(2)30(28-17)22-8-6-21(27)7-9-22)16-25(31)29-14-12-20(13-15-29)26(32)19-4-10-23(33-3)11-5-19/h4-11,20H,12-16H2,1-3H3. The van der Waals surface area contributed by atoms with Crippen LogP contribution in [-0.4, -0.2) is 46.6 Å². The zero-order chi connectivity index (χ0) is 23.5. The average molecular weight is 466 g/mol. The molecule has 1 fully saturated rings. The van der Waals surface area contributed by atoms with E-state index in [2.05, 4.69) is 5.10 Å². The van der Waals surface area contributed by atoms with Crippen LogP contribution in [0.2, 0.25) is 5.02 Å². The molecule has 2 heterocycles. The minimum atomic E-state index is -0.0569. The molecule has 1 aliphatic rings. The maximum absolute atomic E-state index is 13.1. The van der Waals surface area contributed by atoms with Gasteiger partial charge < -0.3 is 9.64 Å².